The molecule has 1 aromatic carbocycles. The first-order valence-electron chi connectivity index (χ1n) is 6.57. The first-order chi connectivity index (χ1) is 8.97. The molecule has 19 heavy (non-hydrogen) atoms. The quantitative estimate of drug-likeness (QED) is 0.754. The molecule has 0 aromatic heterocycles. The Labute approximate surface area is 114 Å². The van der Waals surface area contributed by atoms with Gasteiger partial charge in [0.15, 0.2) is 0 Å². The highest BCUT2D eigenvalue weighted by molar-refractivity contribution is 7.86. The van der Waals surface area contributed by atoms with Crippen LogP contribution in [-0.2, 0) is 19.0 Å². The van der Waals surface area contributed by atoms with Gasteiger partial charge in [0.1, 0.15) is 0 Å². The molecule has 1 aliphatic rings. The lowest BCUT2D eigenvalue weighted by atomic mass is 9.81. The molecule has 0 atom stereocenters. The molecule has 106 valence electrons. The van der Waals surface area contributed by atoms with Crippen LogP contribution in [0, 0.1) is 6.92 Å². The predicted octanol–water partition coefficient (Wildman–Crippen LogP) is 2.66. The molecule has 0 N–H and O–H groups in total. The van der Waals surface area contributed by atoms with E-state index < -0.39 is 15.7 Å². The number of rotatable bonds is 6. The molecule has 0 bridgehead atoms. The normalized spacial score (nSPS) is 18.0. The van der Waals surface area contributed by atoms with Gasteiger partial charge in [-0.3, -0.25) is 4.18 Å². The van der Waals surface area contributed by atoms with Gasteiger partial charge in [0.05, 0.1) is 17.1 Å². The highest BCUT2D eigenvalue weighted by Crippen LogP contribution is 2.36. The standard InChI is InChI=1S/C14H20O4S/c1-3-17-14(9-4-10-14)11-18-19(15,16)13-7-5-12(2)6-8-13/h5-8H,3-4,9-11H2,1-2H3. The zero-order chi connectivity index (χ0) is 13.9. The van der Waals surface area contributed by atoms with E-state index in [0.29, 0.717) is 6.61 Å². The van der Waals surface area contributed by atoms with E-state index in [4.69, 9.17) is 8.92 Å². The van der Waals surface area contributed by atoms with Gasteiger partial charge in [0, 0.05) is 6.61 Å². The first kappa shape index (κ1) is 14.5. The van der Waals surface area contributed by atoms with Crippen LogP contribution in [0.3, 0.4) is 0 Å². The second-order valence-corrected chi connectivity index (χ2v) is 6.61. The molecule has 1 aromatic rings. The van der Waals surface area contributed by atoms with Gasteiger partial charge in [-0.25, -0.2) is 0 Å². The lowest BCUT2D eigenvalue weighted by Gasteiger charge is -2.40. The van der Waals surface area contributed by atoms with Gasteiger partial charge in [0.2, 0.25) is 0 Å². The molecule has 0 radical (unpaired) electrons. The molecule has 2 rings (SSSR count). The summed E-state index contributed by atoms with van der Waals surface area (Å²) < 4.78 is 34.9. The van der Waals surface area contributed by atoms with Crippen molar-refractivity contribution in [3.63, 3.8) is 0 Å². The van der Waals surface area contributed by atoms with Gasteiger partial charge in [-0.15, -0.1) is 0 Å². The van der Waals surface area contributed by atoms with E-state index >= 15 is 0 Å². The fourth-order valence-corrected chi connectivity index (χ4v) is 3.14. The van der Waals surface area contributed by atoms with Gasteiger partial charge in [-0.1, -0.05) is 17.7 Å². The van der Waals surface area contributed by atoms with E-state index in [1.165, 1.54) is 0 Å². The van der Waals surface area contributed by atoms with Crippen molar-refractivity contribution >= 4 is 10.1 Å². The molecule has 1 saturated carbocycles. The second kappa shape index (κ2) is 5.61. The van der Waals surface area contributed by atoms with Gasteiger partial charge >= 0.3 is 0 Å². The molecule has 0 unspecified atom stereocenters. The third-order valence-corrected chi connectivity index (χ3v) is 4.78. The van der Waals surface area contributed by atoms with Crippen LogP contribution >= 0.6 is 0 Å². The Morgan fingerprint density at radius 2 is 1.84 bits per heavy atom. The molecule has 4 nitrogen and oxygen atoms in total. The van der Waals surface area contributed by atoms with Crippen LogP contribution in [0.15, 0.2) is 29.2 Å². The van der Waals surface area contributed by atoms with Crippen molar-refractivity contribution < 1.29 is 17.3 Å². The molecular weight excluding hydrogens is 264 g/mol. The van der Waals surface area contributed by atoms with E-state index in [2.05, 4.69) is 0 Å². The Bertz CT molecular complexity index is 515. The fraction of sp³-hybridized carbons (Fsp3) is 0.571. The maximum absolute atomic E-state index is 12.1. The predicted molar refractivity (Wildman–Crippen MR) is 72.5 cm³/mol. The van der Waals surface area contributed by atoms with E-state index in [9.17, 15) is 8.42 Å². The zero-order valence-corrected chi connectivity index (χ0v) is 12.2. The van der Waals surface area contributed by atoms with E-state index in [1.54, 1.807) is 24.3 Å². The molecule has 0 heterocycles. The fourth-order valence-electron chi connectivity index (χ4n) is 2.17. The smallest absolute Gasteiger partial charge is 0.297 e. The molecule has 0 aliphatic heterocycles. The number of aryl methyl sites for hydroxylation is 1. The average Bonchev–Trinajstić information content (AvgIpc) is 2.33. The number of hydrogen-bond donors (Lipinski definition) is 0. The largest absolute Gasteiger partial charge is 0.373 e. The topological polar surface area (TPSA) is 52.6 Å². The Kier molecular flexibility index (Phi) is 4.28. The minimum atomic E-state index is -3.68. The van der Waals surface area contributed by atoms with Crippen molar-refractivity contribution in [1.29, 1.82) is 0 Å². The highest BCUT2D eigenvalue weighted by atomic mass is 32.2. The molecule has 0 saturated heterocycles. The molecule has 5 heteroatoms. The van der Waals surface area contributed by atoms with Crippen LogP contribution in [0.2, 0.25) is 0 Å². The van der Waals surface area contributed by atoms with Crippen molar-refractivity contribution in [2.45, 2.75) is 43.6 Å². The van der Waals surface area contributed by atoms with Crippen LogP contribution in [0.25, 0.3) is 0 Å². The van der Waals surface area contributed by atoms with E-state index in [0.717, 1.165) is 24.8 Å². The number of hydrogen-bond acceptors (Lipinski definition) is 4. The molecular formula is C14H20O4S. The lowest BCUT2D eigenvalue weighted by Crippen LogP contribution is -2.45. The van der Waals surface area contributed by atoms with Crippen molar-refractivity contribution in [2.24, 2.45) is 0 Å². The summed E-state index contributed by atoms with van der Waals surface area (Å²) in [5.41, 5.74) is 0.621. The summed E-state index contributed by atoms with van der Waals surface area (Å²) in [6.45, 7) is 4.51. The molecule has 1 aliphatic carbocycles. The van der Waals surface area contributed by atoms with Crippen LogP contribution in [0.4, 0.5) is 0 Å². The van der Waals surface area contributed by atoms with Crippen LogP contribution in [0.5, 0.6) is 0 Å². The van der Waals surface area contributed by atoms with Gasteiger partial charge < -0.3 is 4.74 Å². The lowest BCUT2D eigenvalue weighted by molar-refractivity contribution is -0.117. The van der Waals surface area contributed by atoms with Gasteiger partial charge in [-0.05, 0) is 45.2 Å². The summed E-state index contributed by atoms with van der Waals surface area (Å²) in [5.74, 6) is 0. The Morgan fingerprint density at radius 3 is 2.32 bits per heavy atom. The summed E-state index contributed by atoms with van der Waals surface area (Å²) in [6.07, 6.45) is 2.79. The molecule has 1 fully saturated rings. The summed E-state index contributed by atoms with van der Waals surface area (Å²) in [5, 5.41) is 0. The summed E-state index contributed by atoms with van der Waals surface area (Å²) in [7, 11) is -3.68. The third kappa shape index (κ3) is 3.35. The second-order valence-electron chi connectivity index (χ2n) is 5.00. The summed E-state index contributed by atoms with van der Waals surface area (Å²) in [6, 6.07) is 6.66. The minimum absolute atomic E-state index is 0.108. The zero-order valence-electron chi connectivity index (χ0n) is 11.4. The summed E-state index contributed by atoms with van der Waals surface area (Å²) in [4.78, 5) is 0.198. The van der Waals surface area contributed by atoms with Crippen molar-refractivity contribution in [3.05, 3.63) is 29.8 Å². The maximum Gasteiger partial charge on any atom is 0.297 e. The third-order valence-electron chi connectivity index (χ3n) is 3.50. The monoisotopic (exact) mass is 284 g/mol. The van der Waals surface area contributed by atoms with Crippen molar-refractivity contribution in [2.75, 3.05) is 13.2 Å². The highest BCUT2D eigenvalue weighted by Gasteiger charge is 2.39. The van der Waals surface area contributed by atoms with Crippen LogP contribution in [0.1, 0.15) is 31.7 Å². The van der Waals surface area contributed by atoms with Crippen LogP contribution < -0.4 is 0 Å². The average molecular weight is 284 g/mol. The Morgan fingerprint density at radius 1 is 1.21 bits per heavy atom. The molecule has 0 spiro atoms. The molecule has 0 amide bonds. The van der Waals surface area contributed by atoms with E-state index in [-0.39, 0.29) is 11.5 Å². The van der Waals surface area contributed by atoms with E-state index in [1.807, 2.05) is 13.8 Å². The minimum Gasteiger partial charge on any atom is -0.373 e. The van der Waals surface area contributed by atoms with Gasteiger partial charge in [-0.2, -0.15) is 8.42 Å². The number of benzene rings is 1. The Hall–Kier alpha value is -0.910. The maximum atomic E-state index is 12.1. The van der Waals surface area contributed by atoms with Crippen molar-refractivity contribution in [3.8, 4) is 0 Å². The van der Waals surface area contributed by atoms with Crippen LogP contribution in [-0.4, -0.2) is 27.2 Å². The Balaban J connectivity index is 2.03. The SMILES string of the molecule is CCOC1(COS(=O)(=O)c2ccc(C)cc2)CCC1. The summed E-state index contributed by atoms with van der Waals surface area (Å²) >= 11 is 0. The van der Waals surface area contributed by atoms with Crippen molar-refractivity contribution in [1.82, 2.24) is 0 Å². The number of ether oxygens (including phenoxy) is 1. The van der Waals surface area contributed by atoms with Gasteiger partial charge in [0.25, 0.3) is 10.1 Å². The first-order valence-corrected chi connectivity index (χ1v) is 7.98.